The Labute approximate surface area is 159 Å². The number of carbonyl (C=O) groups is 1. The number of hydrogen-bond acceptors (Lipinski definition) is 5. The maximum absolute atomic E-state index is 12.7. The third kappa shape index (κ3) is 4.04. The van der Waals surface area contributed by atoms with E-state index in [9.17, 15) is 13.2 Å². The minimum Gasteiger partial charge on any atom is -0.459 e. The molecule has 2 atom stereocenters. The highest BCUT2D eigenvalue weighted by Gasteiger charge is 2.35. The molecule has 0 unspecified atom stereocenters. The van der Waals surface area contributed by atoms with Crippen LogP contribution in [0, 0.1) is 5.92 Å². The van der Waals surface area contributed by atoms with E-state index >= 15 is 0 Å². The zero-order chi connectivity index (χ0) is 19.0. The molecule has 2 aliphatic heterocycles. The van der Waals surface area contributed by atoms with Crippen LogP contribution in [-0.4, -0.2) is 49.9 Å². The van der Waals surface area contributed by atoms with Gasteiger partial charge >= 0.3 is 0 Å². The lowest BCUT2D eigenvalue weighted by Crippen LogP contribution is -2.45. The SMILES string of the molecule is C[C@H](NC(=O)C1CCN([C@H]2CCS(=O)(=O)C2)CC1)c1cc2ccccc2o1. The van der Waals surface area contributed by atoms with Gasteiger partial charge in [-0.25, -0.2) is 8.42 Å². The minimum atomic E-state index is -2.86. The van der Waals surface area contributed by atoms with Crippen molar-refractivity contribution in [3.05, 3.63) is 36.1 Å². The molecule has 0 radical (unpaired) electrons. The Morgan fingerprint density at radius 2 is 1.96 bits per heavy atom. The summed E-state index contributed by atoms with van der Waals surface area (Å²) in [5.74, 6) is 1.37. The predicted molar refractivity (Wildman–Crippen MR) is 104 cm³/mol. The number of hydrogen-bond donors (Lipinski definition) is 1. The van der Waals surface area contributed by atoms with Gasteiger partial charge in [-0.15, -0.1) is 0 Å². The summed E-state index contributed by atoms with van der Waals surface area (Å²) in [6, 6.07) is 9.75. The van der Waals surface area contributed by atoms with Crippen LogP contribution in [0.15, 0.2) is 34.7 Å². The fraction of sp³-hybridized carbons (Fsp3) is 0.550. The van der Waals surface area contributed by atoms with Crippen LogP contribution in [0.5, 0.6) is 0 Å². The summed E-state index contributed by atoms with van der Waals surface area (Å²) in [5, 5.41) is 4.11. The van der Waals surface area contributed by atoms with Gasteiger partial charge in [-0.2, -0.15) is 0 Å². The van der Waals surface area contributed by atoms with Crippen LogP contribution < -0.4 is 5.32 Å². The molecular formula is C20H26N2O4S. The van der Waals surface area contributed by atoms with Crippen LogP contribution in [0.1, 0.15) is 38.0 Å². The van der Waals surface area contributed by atoms with Crippen LogP contribution in [0.2, 0.25) is 0 Å². The van der Waals surface area contributed by atoms with E-state index in [-0.39, 0.29) is 29.7 Å². The van der Waals surface area contributed by atoms with Gasteiger partial charge in [0.05, 0.1) is 17.5 Å². The number of para-hydroxylation sites is 1. The van der Waals surface area contributed by atoms with Crippen molar-refractivity contribution in [3.63, 3.8) is 0 Å². The van der Waals surface area contributed by atoms with Crippen molar-refractivity contribution in [2.75, 3.05) is 24.6 Å². The molecule has 27 heavy (non-hydrogen) atoms. The number of nitrogens with one attached hydrogen (secondary N) is 1. The molecule has 0 spiro atoms. The van der Waals surface area contributed by atoms with Gasteiger partial charge in [-0.3, -0.25) is 9.69 Å². The first-order valence-corrected chi connectivity index (χ1v) is 11.5. The Kier molecular flexibility index (Phi) is 4.99. The van der Waals surface area contributed by atoms with Crippen molar-refractivity contribution in [1.29, 1.82) is 0 Å². The van der Waals surface area contributed by atoms with Gasteiger partial charge in [0.2, 0.25) is 5.91 Å². The molecule has 1 amide bonds. The minimum absolute atomic E-state index is 0.0221. The molecule has 4 rings (SSSR count). The second kappa shape index (κ2) is 7.28. The summed E-state index contributed by atoms with van der Waals surface area (Å²) in [6.07, 6.45) is 2.27. The standard InChI is InChI=1S/C20H26N2O4S/c1-14(19-12-16-4-2-3-5-18(16)26-19)21-20(23)15-6-9-22(10-7-15)17-8-11-27(24,25)13-17/h2-5,12,14-15,17H,6-11,13H2,1H3,(H,21,23)/t14-,17-/m0/s1. The highest BCUT2D eigenvalue weighted by atomic mass is 32.2. The van der Waals surface area contributed by atoms with Crippen LogP contribution >= 0.6 is 0 Å². The fourth-order valence-electron chi connectivity index (χ4n) is 4.21. The average Bonchev–Trinajstić information content (AvgIpc) is 3.25. The maximum atomic E-state index is 12.7. The Morgan fingerprint density at radius 3 is 2.63 bits per heavy atom. The highest BCUT2D eigenvalue weighted by molar-refractivity contribution is 7.91. The zero-order valence-electron chi connectivity index (χ0n) is 15.6. The summed E-state index contributed by atoms with van der Waals surface area (Å²) < 4.78 is 29.2. The van der Waals surface area contributed by atoms with E-state index < -0.39 is 9.84 Å². The number of carbonyl (C=O) groups excluding carboxylic acids is 1. The molecule has 1 N–H and O–H groups in total. The van der Waals surface area contributed by atoms with Gasteiger partial charge in [-0.05, 0) is 51.4 Å². The first-order chi connectivity index (χ1) is 12.9. The number of sulfone groups is 1. The number of nitrogens with zero attached hydrogens (tertiary/aromatic N) is 1. The normalized spacial score (nSPS) is 24.9. The third-order valence-corrected chi connectivity index (χ3v) is 7.61. The summed E-state index contributed by atoms with van der Waals surface area (Å²) in [6.45, 7) is 3.52. The van der Waals surface area contributed by atoms with Gasteiger partial charge in [0.1, 0.15) is 11.3 Å². The lowest BCUT2D eigenvalue weighted by molar-refractivity contribution is -0.127. The van der Waals surface area contributed by atoms with E-state index in [1.807, 2.05) is 37.3 Å². The molecule has 2 fully saturated rings. The molecule has 7 heteroatoms. The van der Waals surface area contributed by atoms with Gasteiger partial charge in [0, 0.05) is 17.3 Å². The molecule has 6 nitrogen and oxygen atoms in total. The second-order valence-corrected chi connectivity index (χ2v) is 10.0. The van der Waals surface area contributed by atoms with E-state index in [2.05, 4.69) is 10.2 Å². The molecule has 0 saturated carbocycles. The Hall–Kier alpha value is -1.86. The monoisotopic (exact) mass is 390 g/mol. The molecule has 2 aromatic rings. The van der Waals surface area contributed by atoms with Crippen LogP contribution in [0.25, 0.3) is 11.0 Å². The number of piperidine rings is 1. The van der Waals surface area contributed by atoms with Crippen molar-refractivity contribution in [2.24, 2.45) is 5.92 Å². The van der Waals surface area contributed by atoms with Gasteiger partial charge in [-0.1, -0.05) is 18.2 Å². The maximum Gasteiger partial charge on any atom is 0.223 e. The molecule has 1 aromatic carbocycles. The smallest absolute Gasteiger partial charge is 0.223 e. The summed E-state index contributed by atoms with van der Waals surface area (Å²) in [7, 11) is -2.86. The topological polar surface area (TPSA) is 79.6 Å². The number of rotatable bonds is 4. The summed E-state index contributed by atoms with van der Waals surface area (Å²) >= 11 is 0. The lowest BCUT2D eigenvalue weighted by atomic mass is 9.94. The van der Waals surface area contributed by atoms with Gasteiger partial charge < -0.3 is 9.73 Å². The molecule has 2 aliphatic rings. The fourth-order valence-corrected chi connectivity index (χ4v) is 5.97. The van der Waals surface area contributed by atoms with Crippen molar-refractivity contribution < 1.29 is 17.6 Å². The van der Waals surface area contributed by atoms with E-state index in [0.29, 0.717) is 5.75 Å². The molecule has 0 aliphatic carbocycles. The van der Waals surface area contributed by atoms with Crippen LogP contribution in [0.3, 0.4) is 0 Å². The Morgan fingerprint density at radius 1 is 1.22 bits per heavy atom. The molecule has 0 bridgehead atoms. The quantitative estimate of drug-likeness (QED) is 0.868. The third-order valence-electron chi connectivity index (χ3n) is 5.86. The highest BCUT2D eigenvalue weighted by Crippen LogP contribution is 2.27. The largest absolute Gasteiger partial charge is 0.459 e. The average molecular weight is 391 g/mol. The zero-order valence-corrected chi connectivity index (χ0v) is 16.4. The van der Waals surface area contributed by atoms with Crippen molar-refractivity contribution in [2.45, 2.75) is 38.3 Å². The van der Waals surface area contributed by atoms with Crippen molar-refractivity contribution >= 4 is 26.7 Å². The first-order valence-electron chi connectivity index (χ1n) is 9.64. The van der Waals surface area contributed by atoms with E-state index in [4.69, 9.17) is 4.42 Å². The summed E-state index contributed by atoms with van der Waals surface area (Å²) in [4.78, 5) is 14.9. The van der Waals surface area contributed by atoms with Crippen molar-refractivity contribution in [3.8, 4) is 0 Å². The lowest BCUT2D eigenvalue weighted by Gasteiger charge is -2.35. The van der Waals surface area contributed by atoms with Crippen LogP contribution in [0.4, 0.5) is 0 Å². The van der Waals surface area contributed by atoms with Gasteiger partial charge in [0.25, 0.3) is 0 Å². The number of furan rings is 1. The number of amides is 1. The van der Waals surface area contributed by atoms with E-state index in [1.165, 1.54) is 0 Å². The van der Waals surface area contributed by atoms with Gasteiger partial charge in [0.15, 0.2) is 9.84 Å². The molecule has 146 valence electrons. The molecule has 3 heterocycles. The number of likely N-dealkylation sites (tertiary alicyclic amines) is 1. The second-order valence-electron chi connectivity index (χ2n) is 7.78. The number of fused-ring (bicyclic) bond motifs is 1. The van der Waals surface area contributed by atoms with E-state index in [1.54, 1.807) is 0 Å². The van der Waals surface area contributed by atoms with E-state index in [0.717, 1.165) is 49.1 Å². The molecular weight excluding hydrogens is 364 g/mol. The molecule has 2 saturated heterocycles. The number of benzene rings is 1. The predicted octanol–water partition coefficient (Wildman–Crippen LogP) is 2.51. The Bertz CT molecular complexity index is 895. The Balaban J connectivity index is 1.31. The molecule has 1 aromatic heterocycles. The summed E-state index contributed by atoms with van der Waals surface area (Å²) in [5.41, 5.74) is 0.827. The van der Waals surface area contributed by atoms with Crippen LogP contribution in [-0.2, 0) is 14.6 Å². The first kappa shape index (κ1) is 18.5. The van der Waals surface area contributed by atoms with Crippen molar-refractivity contribution in [1.82, 2.24) is 10.2 Å².